The lowest BCUT2D eigenvalue weighted by atomic mass is 9.68. The highest BCUT2D eigenvalue weighted by molar-refractivity contribution is 7.10. The van der Waals surface area contributed by atoms with Gasteiger partial charge in [0, 0.05) is 4.88 Å². The van der Waals surface area contributed by atoms with Crippen molar-refractivity contribution in [3.05, 3.63) is 56.6 Å². The predicted molar refractivity (Wildman–Crippen MR) is 94.8 cm³/mol. The lowest BCUT2D eigenvalue weighted by Crippen LogP contribution is -2.57. The van der Waals surface area contributed by atoms with E-state index in [0.29, 0.717) is 5.56 Å². The van der Waals surface area contributed by atoms with Crippen molar-refractivity contribution < 1.29 is 19.1 Å². The second-order valence-corrected chi connectivity index (χ2v) is 6.67. The fraction of sp³-hybridized carbons (Fsp3) is 0.200. The molecule has 26 heavy (non-hydrogen) atoms. The van der Waals surface area contributed by atoms with E-state index in [-0.39, 0.29) is 30.1 Å². The van der Waals surface area contributed by atoms with Gasteiger partial charge in [0.15, 0.2) is 0 Å². The molecule has 0 bridgehead atoms. The highest BCUT2D eigenvalue weighted by Gasteiger charge is 2.44. The van der Waals surface area contributed by atoms with Gasteiger partial charge in [-0.15, -0.1) is 11.3 Å². The van der Waals surface area contributed by atoms with Crippen LogP contribution in [0.25, 0.3) is 0 Å². The number of nitroso groups, excluding NO2 is 1. The van der Waals surface area contributed by atoms with Crippen molar-refractivity contribution in [2.45, 2.75) is 18.8 Å². The van der Waals surface area contributed by atoms with E-state index in [0.717, 1.165) is 9.89 Å². The number of hydrogen-bond acceptors (Lipinski definition) is 9. The molecule has 2 heterocycles. The van der Waals surface area contributed by atoms with Crippen LogP contribution in [0.5, 0.6) is 5.75 Å². The van der Waals surface area contributed by atoms with Crippen molar-refractivity contribution >= 4 is 30.3 Å². The first-order valence-electron chi connectivity index (χ1n) is 7.66. The number of fused-ring (bicyclic) bond motifs is 1. The molecule has 1 aliphatic rings. The number of nitrogens with two attached hydrogens (primary N) is 2. The zero-order valence-corrected chi connectivity index (χ0v) is 14.3. The maximum absolute atomic E-state index is 12.4. The van der Waals surface area contributed by atoms with E-state index < -0.39 is 19.0 Å². The van der Waals surface area contributed by atoms with Gasteiger partial charge in [0.1, 0.15) is 11.3 Å². The smallest absolute Gasteiger partial charge is 0.536 e. The molecular formula is C15H15BN4O5S. The lowest BCUT2D eigenvalue weighted by Gasteiger charge is -2.33. The lowest BCUT2D eigenvalue weighted by molar-refractivity contribution is -0.131. The number of hydrogen-bond donors (Lipinski definition) is 2. The Balaban J connectivity index is 1.84. The summed E-state index contributed by atoms with van der Waals surface area (Å²) < 4.78 is 5.55. The molecule has 1 aromatic carbocycles. The minimum absolute atomic E-state index is 0.0746. The van der Waals surface area contributed by atoms with Gasteiger partial charge in [-0.1, -0.05) is 23.3 Å². The molecule has 0 saturated carbocycles. The summed E-state index contributed by atoms with van der Waals surface area (Å²) >= 11 is 1.44. The number of nitrogens with zero attached hydrogens (tertiary/aromatic N) is 2. The molecule has 0 unspecified atom stereocenters. The Labute approximate surface area is 152 Å². The first-order chi connectivity index (χ1) is 12.5. The summed E-state index contributed by atoms with van der Waals surface area (Å²) in [5.41, 5.74) is 0.669. The minimum atomic E-state index is -1.26. The standard InChI is InChI=1S/C15H15BN4O5S/c17-20(13(21)8-10-4-2-6-26-10)12-7-9-3-1-5-11(15(22)25-18)14(9)24-16(12)19-23/h1-6,12H,7-8,17-18H2/t12-/m0/s1. The predicted octanol–water partition coefficient (Wildman–Crippen LogP) is 0.821. The molecule has 3 rings (SSSR count). The van der Waals surface area contributed by atoms with Crippen LogP contribution in [0.15, 0.2) is 40.8 Å². The summed E-state index contributed by atoms with van der Waals surface area (Å²) in [7, 11) is -1.26. The molecule has 0 saturated heterocycles. The maximum Gasteiger partial charge on any atom is 0.572 e. The maximum atomic E-state index is 12.4. The Morgan fingerprint density at radius 1 is 1.38 bits per heavy atom. The Bertz CT molecular complexity index is 831. The molecule has 1 amide bonds. The van der Waals surface area contributed by atoms with E-state index >= 15 is 0 Å². The van der Waals surface area contributed by atoms with E-state index in [1.165, 1.54) is 17.4 Å². The van der Waals surface area contributed by atoms with Crippen LogP contribution in [-0.4, -0.2) is 29.9 Å². The van der Waals surface area contributed by atoms with E-state index in [1.54, 1.807) is 12.1 Å². The quantitative estimate of drug-likeness (QED) is 0.260. The van der Waals surface area contributed by atoms with Crippen molar-refractivity contribution in [1.82, 2.24) is 5.01 Å². The summed E-state index contributed by atoms with van der Waals surface area (Å²) in [5.74, 6) is 9.07. The van der Waals surface area contributed by atoms with Gasteiger partial charge in [0.2, 0.25) is 5.91 Å². The third-order valence-corrected chi connectivity index (χ3v) is 4.95. The topological polar surface area (TPSA) is 137 Å². The van der Waals surface area contributed by atoms with Crippen LogP contribution in [0, 0.1) is 4.91 Å². The molecule has 11 heteroatoms. The molecule has 0 spiro atoms. The Kier molecular flexibility index (Phi) is 5.31. The Morgan fingerprint density at radius 2 is 2.19 bits per heavy atom. The largest absolute Gasteiger partial charge is 0.572 e. The average Bonchev–Trinajstić information content (AvgIpc) is 3.18. The number of amides is 1. The number of carbonyl (C=O) groups is 2. The summed E-state index contributed by atoms with van der Waals surface area (Å²) in [4.78, 5) is 40.5. The summed E-state index contributed by atoms with van der Waals surface area (Å²) in [6.07, 6.45) is 0.312. The van der Waals surface area contributed by atoms with E-state index in [2.05, 4.69) is 9.93 Å². The summed E-state index contributed by atoms with van der Waals surface area (Å²) in [6.45, 7) is 0. The third-order valence-electron chi connectivity index (χ3n) is 4.08. The molecule has 1 atom stereocenters. The third kappa shape index (κ3) is 3.45. The molecular weight excluding hydrogens is 359 g/mol. The number of benzene rings is 1. The van der Waals surface area contributed by atoms with E-state index in [9.17, 15) is 14.5 Å². The fourth-order valence-electron chi connectivity index (χ4n) is 2.80. The number of carbonyl (C=O) groups excluding carboxylic acids is 2. The molecule has 4 N–H and O–H groups in total. The van der Waals surface area contributed by atoms with Gasteiger partial charge < -0.3 is 9.49 Å². The fourth-order valence-corrected chi connectivity index (χ4v) is 3.50. The van der Waals surface area contributed by atoms with Crippen molar-refractivity contribution in [3.8, 4) is 5.75 Å². The monoisotopic (exact) mass is 374 g/mol. The van der Waals surface area contributed by atoms with Gasteiger partial charge in [0.25, 0.3) is 0 Å². The Morgan fingerprint density at radius 3 is 2.85 bits per heavy atom. The first kappa shape index (κ1) is 18.0. The van der Waals surface area contributed by atoms with Crippen molar-refractivity contribution in [2.24, 2.45) is 16.8 Å². The van der Waals surface area contributed by atoms with Crippen LogP contribution < -0.4 is 16.4 Å². The second kappa shape index (κ2) is 7.64. The molecule has 0 aliphatic carbocycles. The van der Waals surface area contributed by atoms with Crippen LogP contribution in [0.1, 0.15) is 20.8 Å². The molecule has 2 aromatic rings. The summed E-state index contributed by atoms with van der Waals surface area (Å²) in [5, 5.41) is 5.76. The molecule has 0 radical (unpaired) electrons. The zero-order chi connectivity index (χ0) is 18.7. The van der Waals surface area contributed by atoms with Gasteiger partial charge in [0.05, 0.1) is 12.4 Å². The number of para-hydroxylation sites is 1. The van der Waals surface area contributed by atoms with Crippen molar-refractivity contribution in [3.63, 3.8) is 0 Å². The highest BCUT2D eigenvalue weighted by Crippen LogP contribution is 2.32. The zero-order valence-electron chi connectivity index (χ0n) is 13.5. The van der Waals surface area contributed by atoms with E-state index in [1.807, 2.05) is 17.5 Å². The average molecular weight is 374 g/mol. The molecule has 0 fully saturated rings. The minimum Gasteiger partial charge on any atom is -0.536 e. The number of thiophene rings is 1. The number of rotatable bonds is 5. The first-order valence-corrected chi connectivity index (χ1v) is 8.54. The van der Waals surface area contributed by atoms with Crippen LogP contribution in [0.3, 0.4) is 0 Å². The van der Waals surface area contributed by atoms with Gasteiger partial charge in [-0.3, -0.25) is 9.80 Å². The normalized spacial score (nSPS) is 15.6. The highest BCUT2D eigenvalue weighted by atomic mass is 32.1. The van der Waals surface area contributed by atoms with Gasteiger partial charge in [-0.05, 0) is 29.5 Å². The van der Waals surface area contributed by atoms with Crippen LogP contribution in [0.2, 0.25) is 0 Å². The van der Waals surface area contributed by atoms with Crippen LogP contribution >= 0.6 is 11.3 Å². The Hall–Kier alpha value is -2.76. The second-order valence-electron chi connectivity index (χ2n) is 5.64. The SMILES string of the molecule is NOC(=O)c1cccc2c1OB(N=O)[C@@H](N(N)C(=O)Cc1cccs1)C2. The van der Waals surface area contributed by atoms with Crippen molar-refractivity contribution in [2.75, 3.05) is 0 Å². The van der Waals surface area contributed by atoms with Crippen LogP contribution in [0.4, 0.5) is 0 Å². The molecule has 9 nitrogen and oxygen atoms in total. The molecule has 1 aliphatic heterocycles. The van der Waals surface area contributed by atoms with Crippen LogP contribution in [-0.2, 0) is 22.5 Å². The van der Waals surface area contributed by atoms with E-state index in [4.69, 9.17) is 16.4 Å². The van der Waals surface area contributed by atoms with Gasteiger partial charge in [-0.25, -0.2) is 10.6 Å². The van der Waals surface area contributed by atoms with Gasteiger partial charge >= 0.3 is 13.0 Å². The molecule has 134 valence electrons. The molecule has 1 aromatic heterocycles. The van der Waals surface area contributed by atoms with Gasteiger partial charge in [-0.2, -0.15) is 10.8 Å². The summed E-state index contributed by atoms with van der Waals surface area (Å²) in [6, 6.07) is 8.44. The number of hydrazine groups is 1. The van der Waals surface area contributed by atoms with Crippen molar-refractivity contribution in [1.29, 1.82) is 0 Å².